The number of rotatable bonds is 7. The Balaban J connectivity index is 2.31. The van der Waals surface area contributed by atoms with Crippen molar-refractivity contribution in [2.45, 2.75) is 26.2 Å². The Morgan fingerprint density at radius 2 is 2.21 bits per heavy atom. The molecule has 19 heavy (non-hydrogen) atoms. The fourth-order valence-electron chi connectivity index (χ4n) is 1.60. The summed E-state index contributed by atoms with van der Waals surface area (Å²) in [5.41, 5.74) is -0.0827. The van der Waals surface area contributed by atoms with E-state index < -0.39 is 17.8 Å². The van der Waals surface area contributed by atoms with E-state index in [-0.39, 0.29) is 17.9 Å². The first-order valence-corrected chi connectivity index (χ1v) is 6.11. The third kappa shape index (κ3) is 5.46. The normalized spacial score (nSPS) is 11.9. The number of nitrogens with one attached hydrogen (secondary N) is 1. The van der Waals surface area contributed by atoms with E-state index >= 15 is 0 Å². The lowest BCUT2D eigenvalue weighted by molar-refractivity contribution is -0.137. The van der Waals surface area contributed by atoms with Gasteiger partial charge in [0.25, 0.3) is 5.91 Å². The lowest BCUT2D eigenvalue weighted by atomic mass is 10.0. The molecule has 0 radical (unpaired) electrons. The molecule has 104 valence electrons. The van der Waals surface area contributed by atoms with Gasteiger partial charge in [-0.2, -0.15) is 4.39 Å². The van der Waals surface area contributed by atoms with Crippen molar-refractivity contribution in [1.82, 2.24) is 10.3 Å². The van der Waals surface area contributed by atoms with Crippen molar-refractivity contribution in [1.29, 1.82) is 0 Å². The topological polar surface area (TPSA) is 79.3 Å². The van der Waals surface area contributed by atoms with Crippen LogP contribution in [0.5, 0.6) is 0 Å². The maximum absolute atomic E-state index is 13.2. The molecule has 5 nitrogen and oxygen atoms in total. The third-order valence-electron chi connectivity index (χ3n) is 2.78. The van der Waals surface area contributed by atoms with E-state index in [1.165, 1.54) is 18.3 Å². The molecule has 1 aromatic heterocycles. The van der Waals surface area contributed by atoms with Crippen LogP contribution in [0.3, 0.4) is 0 Å². The van der Waals surface area contributed by atoms with Crippen LogP contribution in [0.15, 0.2) is 18.3 Å². The second-order valence-electron chi connectivity index (χ2n) is 4.42. The summed E-state index contributed by atoms with van der Waals surface area (Å²) in [7, 11) is 0. The molecule has 0 aromatic carbocycles. The number of carboxylic acids is 1. The zero-order valence-electron chi connectivity index (χ0n) is 10.7. The minimum atomic E-state index is -0.826. The number of hydrogen-bond donors (Lipinski definition) is 2. The summed E-state index contributed by atoms with van der Waals surface area (Å²) in [6, 6.07) is 2.86. The Labute approximate surface area is 110 Å². The monoisotopic (exact) mass is 268 g/mol. The Morgan fingerprint density at radius 1 is 1.47 bits per heavy atom. The Hall–Kier alpha value is -1.98. The molecule has 0 spiro atoms. The van der Waals surface area contributed by atoms with Crippen molar-refractivity contribution in [2.75, 3.05) is 6.54 Å². The van der Waals surface area contributed by atoms with Crippen LogP contribution in [-0.2, 0) is 4.79 Å². The number of carboxylic acid groups (broad SMARTS) is 1. The first kappa shape index (κ1) is 15.1. The van der Waals surface area contributed by atoms with Crippen LogP contribution in [0.2, 0.25) is 0 Å². The van der Waals surface area contributed by atoms with Crippen molar-refractivity contribution < 1.29 is 19.1 Å². The first-order valence-electron chi connectivity index (χ1n) is 6.11. The van der Waals surface area contributed by atoms with Crippen molar-refractivity contribution in [3.63, 3.8) is 0 Å². The Morgan fingerprint density at radius 3 is 2.84 bits per heavy atom. The number of nitrogens with zero attached hydrogens (tertiary/aromatic N) is 1. The van der Waals surface area contributed by atoms with Gasteiger partial charge in [-0.15, -0.1) is 0 Å². The molecule has 2 N–H and O–H groups in total. The smallest absolute Gasteiger partial charge is 0.303 e. The van der Waals surface area contributed by atoms with E-state index in [1.54, 1.807) is 0 Å². The number of aliphatic carboxylic acids is 1. The van der Waals surface area contributed by atoms with Gasteiger partial charge in [-0.05, 0) is 30.9 Å². The molecule has 1 atom stereocenters. The zero-order valence-corrected chi connectivity index (χ0v) is 10.7. The molecular formula is C13H17FN2O3. The second kappa shape index (κ2) is 7.45. The average Bonchev–Trinajstić information content (AvgIpc) is 2.36. The number of halogens is 1. The minimum absolute atomic E-state index is 0.0827. The molecular weight excluding hydrogens is 251 g/mol. The lowest BCUT2D eigenvalue weighted by Crippen LogP contribution is -2.26. The number of hydrogen-bond acceptors (Lipinski definition) is 3. The van der Waals surface area contributed by atoms with Gasteiger partial charge in [0.1, 0.15) is 0 Å². The quantitative estimate of drug-likeness (QED) is 0.739. The molecule has 1 heterocycles. The summed E-state index contributed by atoms with van der Waals surface area (Å²) in [5, 5.41) is 11.1. The number of aromatic nitrogens is 1. The van der Waals surface area contributed by atoms with Crippen LogP contribution in [0.1, 0.15) is 36.5 Å². The molecule has 0 saturated heterocycles. The van der Waals surface area contributed by atoms with Crippen LogP contribution in [-0.4, -0.2) is 28.5 Å². The van der Waals surface area contributed by atoms with Gasteiger partial charge in [0, 0.05) is 19.2 Å². The van der Waals surface area contributed by atoms with E-state index in [2.05, 4.69) is 10.3 Å². The van der Waals surface area contributed by atoms with Crippen molar-refractivity contribution in [3.05, 3.63) is 29.8 Å². The maximum atomic E-state index is 13.2. The molecule has 0 fully saturated rings. The fraction of sp³-hybridized carbons (Fsp3) is 0.462. The SMILES string of the molecule is CC(CCNC(=O)c1cccnc1F)CCC(=O)O. The first-order chi connectivity index (χ1) is 9.00. The van der Waals surface area contributed by atoms with Gasteiger partial charge in [0.05, 0.1) is 5.56 Å². The standard InChI is InChI=1S/C13H17FN2O3/c1-9(4-5-11(17)18)6-8-16-13(19)10-3-2-7-15-12(10)14/h2-3,7,9H,4-6,8H2,1H3,(H,16,19)(H,17,18). The predicted octanol–water partition coefficient (Wildman–Crippen LogP) is 1.84. The molecule has 1 rings (SSSR count). The highest BCUT2D eigenvalue weighted by Gasteiger charge is 2.12. The summed E-state index contributed by atoms with van der Waals surface area (Å²) in [4.78, 5) is 25.4. The van der Waals surface area contributed by atoms with E-state index in [4.69, 9.17) is 5.11 Å². The molecule has 0 aliphatic heterocycles. The molecule has 0 bridgehead atoms. The molecule has 6 heteroatoms. The van der Waals surface area contributed by atoms with Gasteiger partial charge in [-0.25, -0.2) is 4.98 Å². The van der Waals surface area contributed by atoms with Crippen LogP contribution >= 0.6 is 0 Å². The van der Waals surface area contributed by atoms with Crippen LogP contribution in [0.25, 0.3) is 0 Å². The zero-order chi connectivity index (χ0) is 14.3. The van der Waals surface area contributed by atoms with Gasteiger partial charge in [-0.1, -0.05) is 6.92 Å². The van der Waals surface area contributed by atoms with Crippen molar-refractivity contribution in [2.24, 2.45) is 5.92 Å². The third-order valence-corrected chi connectivity index (χ3v) is 2.78. The molecule has 0 saturated carbocycles. The Kier molecular flexibility index (Phi) is 5.92. The summed E-state index contributed by atoms with van der Waals surface area (Å²) in [5.74, 6) is -1.93. The lowest BCUT2D eigenvalue weighted by Gasteiger charge is -2.10. The van der Waals surface area contributed by atoms with Gasteiger partial charge in [0.2, 0.25) is 5.95 Å². The molecule has 0 aliphatic carbocycles. The number of pyridine rings is 1. The fourth-order valence-corrected chi connectivity index (χ4v) is 1.60. The van der Waals surface area contributed by atoms with Crippen molar-refractivity contribution in [3.8, 4) is 0 Å². The summed E-state index contributed by atoms with van der Waals surface area (Å²) in [6.07, 6.45) is 2.61. The van der Waals surface area contributed by atoms with Crippen molar-refractivity contribution >= 4 is 11.9 Å². The van der Waals surface area contributed by atoms with Gasteiger partial charge in [0.15, 0.2) is 0 Å². The minimum Gasteiger partial charge on any atom is -0.481 e. The highest BCUT2D eigenvalue weighted by molar-refractivity contribution is 5.94. The van der Waals surface area contributed by atoms with E-state index in [0.717, 1.165) is 0 Å². The Bertz CT molecular complexity index is 451. The summed E-state index contributed by atoms with van der Waals surface area (Å²) >= 11 is 0. The van der Waals surface area contributed by atoms with Gasteiger partial charge >= 0.3 is 5.97 Å². The summed E-state index contributed by atoms with van der Waals surface area (Å²) in [6.45, 7) is 2.30. The van der Waals surface area contributed by atoms with Crippen LogP contribution < -0.4 is 5.32 Å². The van der Waals surface area contributed by atoms with E-state index in [9.17, 15) is 14.0 Å². The molecule has 0 aliphatic rings. The number of amides is 1. The summed E-state index contributed by atoms with van der Waals surface area (Å²) < 4.78 is 13.2. The van der Waals surface area contributed by atoms with Gasteiger partial charge in [-0.3, -0.25) is 9.59 Å². The van der Waals surface area contributed by atoms with Crippen LogP contribution in [0.4, 0.5) is 4.39 Å². The molecule has 1 amide bonds. The number of carbonyl (C=O) groups excluding carboxylic acids is 1. The average molecular weight is 268 g/mol. The second-order valence-corrected chi connectivity index (χ2v) is 4.42. The molecule has 1 unspecified atom stereocenters. The highest BCUT2D eigenvalue weighted by Crippen LogP contribution is 2.09. The number of carbonyl (C=O) groups is 2. The van der Waals surface area contributed by atoms with E-state index in [1.807, 2.05) is 6.92 Å². The molecule has 1 aromatic rings. The van der Waals surface area contributed by atoms with E-state index in [0.29, 0.717) is 19.4 Å². The maximum Gasteiger partial charge on any atom is 0.303 e. The predicted molar refractivity (Wildman–Crippen MR) is 67.2 cm³/mol. The van der Waals surface area contributed by atoms with Gasteiger partial charge < -0.3 is 10.4 Å². The largest absolute Gasteiger partial charge is 0.481 e. The highest BCUT2D eigenvalue weighted by atomic mass is 19.1. The van der Waals surface area contributed by atoms with Crippen LogP contribution in [0, 0.1) is 11.9 Å².